The van der Waals surface area contributed by atoms with E-state index in [0.29, 0.717) is 64.2 Å². The first-order valence-corrected chi connectivity index (χ1v) is 15.5. The van der Waals surface area contributed by atoms with Crippen molar-refractivity contribution < 1.29 is 46.1 Å². The van der Waals surface area contributed by atoms with Crippen molar-refractivity contribution in [3.63, 3.8) is 0 Å². The third-order valence-electron chi connectivity index (χ3n) is 9.48. The summed E-state index contributed by atoms with van der Waals surface area (Å²) in [6.45, 7) is 1.83. The first kappa shape index (κ1) is 32.9. The summed E-state index contributed by atoms with van der Waals surface area (Å²) in [5.41, 5.74) is -0.177. The number of rotatable bonds is 8. The molecule has 2 N–H and O–H groups in total. The van der Waals surface area contributed by atoms with Crippen molar-refractivity contribution in [1.82, 2.24) is 0 Å². The van der Waals surface area contributed by atoms with Crippen molar-refractivity contribution in [2.45, 2.75) is 101 Å². The number of phenols is 1. The molecule has 242 valence electrons. The van der Waals surface area contributed by atoms with E-state index in [9.17, 15) is 32.6 Å². The Hall–Kier alpha value is -3.53. The lowest BCUT2D eigenvalue weighted by atomic mass is 9.75. The molecule has 2 saturated carbocycles. The molecule has 0 aliphatic heterocycles. The predicted molar refractivity (Wildman–Crippen MR) is 155 cm³/mol. The number of hydrogen-bond donors (Lipinski definition) is 2. The van der Waals surface area contributed by atoms with Crippen LogP contribution >= 0.6 is 0 Å². The zero-order chi connectivity index (χ0) is 32.4. The Morgan fingerprint density at radius 1 is 0.689 bits per heavy atom. The third-order valence-corrected chi connectivity index (χ3v) is 9.48. The summed E-state index contributed by atoms with van der Waals surface area (Å²) < 4.78 is 93.5. The number of aromatic hydroxyl groups is 1. The fraction of sp³-hybridized carbons (Fsp3) is 0.457. The van der Waals surface area contributed by atoms with E-state index in [1.54, 1.807) is 0 Å². The molecule has 0 radical (unpaired) electrons. The Kier molecular flexibility index (Phi) is 10.1. The fourth-order valence-electron chi connectivity index (χ4n) is 6.91. The highest BCUT2D eigenvalue weighted by atomic mass is 19.2. The van der Waals surface area contributed by atoms with E-state index in [1.165, 1.54) is 30.3 Å². The van der Waals surface area contributed by atoms with Gasteiger partial charge in [0.15, 0.2) is 34.8 Å². The lowest BCUT2D eigenvalue weighted by molar-refractivity contribution is 0.0188. The number of benzene rings is 3. The number of aliphatic hydroxyl groups is 1. The average molecular weight is 635 g/mol. The van der Waals surface area contributed by atoms with Gasteiger partial charge in [0, 0.05) is 5.56 Å². The van der Waals surface area contributed by atoms with Crippen molar-refractivity contribution in [1.29, 1.82) is 0 Å². The first-order chi connectivity index (χ1) is 21.5. The van der Waals surface area contributed by atoms with Gasteiger partial charge < -0.3 is 14.9 Å². The number of aliphatic hydroxyl groups excluding tert-OH is 1. The minimum absolute atomic E-state index is 0.0742. The molecule has 2 aliphatic rings. The highest BCUT2D eigenvalue weighted by molar-refractivity contribution is 5.90. The van der Waals surface area contributed by atoms with Gasteiger partial charge in [-0.2, -0.15) is 4.39 Å². The zero-order valence-corrected chi connectivity index (χ0v) is 24.9. The second-order valence-corrected chi connectivity index (χ2v) is 12.2. The van der Waals surface area contributed by atoms with Crippen LogP contribution in [0.5, 0.6) is 5.75 Å². The number of ether oxygens (including phenoxy) is 1. The van der Waals surface area contributed by atoms with Crippen LogP contribution in [0.2, 0.25) is 0 Å². The summed E-state index contributed by atoms with van der Waals surface area (Å²) in [6.07, 6.45) is 2.27. The van der Waals surface area contributed by atoms with Gasteiger partial charge in [-0.1, -0.05) is 37.6 Å². The molecule has 0 bridgehead atoms. The van der Waals surface area contributed by atoms with Crippen LogP contribution in [0.3, 0.4) is 0 Å². The maximum atomic E-state index is 15.2. The molecule has 4 nitrogen and oxygen atoms in total. The summed E-state index contributed by atoms with van der Waals surface area (Å²) in [7, 11) is 0. The van der Waals surface area contributed by atoms with Gasteiger partial charge in [0.1, 0.15) is 6.10 Å². The molecule has 2 aliphatic carbocycles. The van der Waals surface area contributed by atoms with Crippen molar-refractivity contribution in [3.8, 4) is 5.75 Å². The Bertz CT molecular complexity index is 1540. The Labute approximate surface area is 258 Å². The van der Waals surface area contributed by atoms with Gasteiger partial charge in [-0.3, -0.25) is 0 Å². The number of halogens is 6. The zero-order valence-electron chi connectivity index (χ0n) is 24.9. The largest absolute Gasteiger partial charge is 0.505 e. The van der Waals surface area contributed by atoms with Gasteiger partial charge in [-0.15, -0.1) is 0 Å². The molecule has 2 fully saturated rings. The molecule has 3 aromatic carbocycles. The van der Waals surface area contributed by atoms with Crippen molar-refractivity contribution in [2.24, 2.45) is 0 Å². The molecule has 0 amide bonds. The fourth-order valence-corrected chi connectivity index (χ4v) is 6.91. The number of carbonyl (C=O) groups excluding carboxylic acids is 1. The van der Waals surface area contributed by atoms with Crippen LogP contribution in [-0.4, -0.2) is 22.3 Å². The standard InChI is InChI=1S/C35H36F6O4/c1-2-3-27(42)25-14-12-22(29(36)32(25)39)20-8-10-21(11-9-20)45-35(44)26-15-13-23(30(37)33(26)40)18-4-6-19(7-5-18)24-16-17-28(43)34(41)31(24)38/h12-21,27,42-43H,2-11H2,1H3. The van der Waals surface area contributed by atoms with E-state index in [-0.39, 0.29) is 40.0 Å². The lowest BCUT2D eigenvalue weighted by Gasteiger charge is -2.30. The van der Waals surface area contributed by atoms with E-state index in [4.69, 9.17) is 4.74 Å². The minimum Gasteiger partial charge on any atom is -0.505 e. The molecule has 1 atom stereocenters. The molecule has 45 heavy (non-hydrogen) atoms. The Morgan fingerprint density at radius 2 is 1.16 bits per heavy atom. The second-order valence-electron chi connectivity index (χ2n) is 12.2. The van der Waals surface area contributed by atoms with Gasteiger partial charge in [0.2, 0.25) is 5.82 Å². The van der Waals surface area contributed by atoms with E-state index in [1.807, 2.05) is 6.92 Å². The molecule has 0 spiro atoms. The van der Waals surface area contributed by atoms with Gasteiger partial charge in [0.25, 0.3) is 0 Å². The van der Waals surface area contributed by atoms with Crippen LogP contribution in [-0.2, 0) is 4.74 Å². The topological polar surface area (TPSA) is 66.8 Å². The summed E-state index contributed by atoms with van der Waals surface area (Å²) in [5.74, 6) is -9.74. The van der Waals surface area contributed by atoms with Gasteiger partial charge in [0.05, 0.1) is 11.7 Å². The predicted octanol–water partition coefficient (Wildman–Crippen LogP) is 9.38. The number of carbonyl (C=O) groups is 1. The van der Waals surface area contributed by atoms with Gasteiger partial charge >= 0.3 is 5.97 Å². The summed E-state index contributed by atoms with van der Waals surface area (Å²) >= 11 is 0. The molecule has 5 rings (SSSR count). The van der Waals surface area contributed by atoms with Crippen LogP contribution < -0.4 is 0 Å². The third kappa shape index (κ3) is 6.71. The summed E-state index contributed by atoms with van der Waals surface area (Å²) in [4.78, 5) is 12.8. The molecular formula is C35H36F6O4. The Balaban J connectivity index is 1.18. The summed E-state index contributed by atoms with van der Waals surface area (Å²) in [6, 6.07) is 7.87. The monoisotopic (exact) mass is 634 g/mol. The molecular weight excluding hydrogens is 598 g/mol. The van der Waals surface area contributed by atoms with Crippen molar-refractivity contribution >= 4 is 5.97 Å². The minimum atomic E-state index is -1.32. The highest BCUT2D eigenvalue weighted by Crippen LogP contribution is 2.43. The number of hydrogen-bond acceptors (Lipinski definition) is 4. The maximum Gasteiger partial charge on any atom is 0.341 e. The molecule has 0 saturated heterocycles. The Morgan fingerprint density at radius 3 is 1.71 bits per heavy atom. The van der Waals surface area contributed by atoms with Crippen LogP contribution in [0.4, 0.5) is 26.3 Å². The summed E-state index contributed by atoms with van der Waals surface area (Å²) in [5, 5.41) is 19.5. The van der Waals surface area contributed by atoms with Gasteiger partial charge in [-0.05, 0) is 104 Å². The normalized spacial score (nSPS) is 22.7. The lowest BCUT2D eigenvalue weighted by Crippen LogP contribution is -2.25. The molecule has 1 unspecified atom stereocenters. The van der Waals surface area contributed by atoms with Crippen LogP contribution in [0.25, 0.3) is 0 Å². The molecule has 0 aromatic heterocycles. The SMILES string of the molecule is CCCC(O)c1ccc(C2CCC(OC(=O)c3ccc(C4CCC(c5ccc(O)c(F)c5F)CC4)c(F)c3F)CC2)c(F)c1F. The van der Waals surface area contributed by atoms with Crippen LogP contribution in [0.15, 0.2) is 36.4 Å². The van der Waals surface area contributed by atoms with E-state index in [0.717, 1.165) is 6.07 Å². The smallest absolute Gasteiger partial charge is 0.341 e. The second kappa shape index (κ2) is 13.8. The molecule has 10 heteroatoms. The van der Waals surface area contributed by atoms with Crippen molar-refractivity contribution in [3.05, 3.63) is 99.1 Å². The maximum absolute atomic E-state index is 15.2. The van der Waals surface area contributed by atoms with Crippen molar-refractivity contribution in [2.75, 3.05) is 0 Å². The number of phenolic OH excluding ortho intramolecular Hbond substituents is 1. The average Bonchev–Trinajstić information content (AvgIpc) is 3.03. The molecule has 0 heterocycles. The quantitative estimate of drug-likeness (QED) is 0.191. The van der Waals surface area contributed by atoms with E-state index < -0.39 is 64.4 Å². The van der Waals surface area contributed by atoms with E-state index in [2.05, 4.69) is 0 Å². The van der Waals surface area contributed by atoms with Crippen LogP contribution in [0, 0.1) is 34.9 Å². The van der Waals surface area contributed by atoms with E-state index >= 15 is 8.78 Å². The van der Waals surface area contributed by atoms with Gasteiger partial charge in [-0.25, -0.2) is 26.7 Å². The highest BCUT2D eigenvalue weighted by Gasteiger charge is 2.32. The van der Waals surface area contributed by atoms with Crippen LogP contribution in [0.1, 0.15) is 128 Å². The number of esters is 1. The first-order valence-electron chi connectivity index (χ1n) is 15.5. The molecule has 3 aromatic rings.